The minimum atomic E-state index is -0.546. The number of carbonyl (C=O) groups is 2. The molecule has 5 nitrogen and oxygen atoms in total. The highest BCUT2D eigenvalue weighted by molar-refractivity contribution is 5.92. The Bertz CT molecular complexity index is 840. The van der Waals surface area contributed by atoms with Crippen molar-refractivity contribution in [2.24, 2.45) is 0 Å². The Hall–Kier alpha value is -2.82. The highest BCUT2D eigenvalue weighted by Crippen LogP contribution is 2.26. The monoisotopic (exact) mass is 366 g/mol. The zero-order chi connectivity index (χ0) is 19.6. The lowest BCUT2D eigenvalue weighted by Gasteiger charge is -2.20. The van der Waals surface area contributed by atoms with Gasteiger partial charge in [-0.05, 0) is 50.1 Å². The minimum absolute atomic E-state index is 0.0360. The molecule has 1 aliphatic rings. The van der Waals surface area contributed by atoms with E-state index in [-0.39, 0.29) is 17.9 Å². The molecule has 142 valence electrons. The summed E-state index contributed by atoms with van der Waals surface area (Å²) in [6.45, 7) is 5.98. The first-order chi connectivity index (χ1) is 12.7. The second-order valence-electron chi connectivity index (χ2n) is 7.95. The average molecular weight is 366 g/mol. The Morgan fingerprint density at radius 3 is 2.56 bits per heavy atom. The van der Waals surface area contributed by atoms with Gasteiger partial charge in [-0.15, -0.1) is 0 Å². The van der Waals surface area contributed by atoms with Crippen molar-refractivity contribution in [2.45, 2.75) is 45.4 Å². The Kier molecular flexibility index (Phi) is 5.22. The van der Waals surface area contributed by atoms with E-state index in [2.05, 4.69) is 5.32 Å². The van der Waals surface area contributed by atoms with E-state index < -0.39 is 5.60 Å². The molecule has 3 rings (SSSR count). The molecule has 27 heavy (non-hydrogen) atoms. The number of carbonyl (C=O) groups excluding carboxylic acids is 2. The fourth-order valence-corrected chi connectivity index (χ4v) is 3.17. The van der Waals surface area contributed by atoms with Crippen molar-refractivity contribution >= 4 is 17.6 Å². The molecular weight excluding hydrogens is 340 g/mol. The lowest BCUT2D eigenvalue weighted by atomic mass is 10.0. The van der Waals surface area contributed by atoms with Crippen molar-refractivity contribution in [1.82, 2.24) is 4.90 Å². The van der Waals surface area contributed by atoms with Gasteiger partial charge in [0.1, 0.15) is 11.6 Å². The van der Waals surface area contributed by atoms with Gasteiger partial charge < -0.3 is 15.0 Å². The van der Waals surface area contributed by atoms with Crippen molar-refractivity contribution in [3.63, 3.8) is 0 Å². The van der Waals surface area contributed by atoms with Crippen LogP contribution in [0, 0.1) is 0 Å². The van der Waals surface area contributed by atoms with Crippen molar-refractivity contribution in [2.75, 3.05) is 12.4 Å². The third kappa shape index (κ3) is 4.67. The molecular formula is C22H26N2O3. The first kappa shape index (κ1) is 19.0. The number of amides is 1. The van der Waals surface area contributed by atoms with Crippen LogP contribution in [-0.2, 0) is 22.5 Å². The molecule has 5 heteroatoms. The molecule has 0 saturated heterocycles. The third-order valence-electron chi connectivity index (χ3n) is 4.43. The lowest BCUT2D eigenvalue weighted by Crippen LogP contribution is -2.39. The van der Waals surface area contributed by atoms with E-state index in [9.17, 15) is 9.59 Å². The summed E-state index contributed by atoms with van der Waals surface area (Å²) in [5.41, 5.74) is 2.83. The van der Waals surface area contributed by atoms with Gasteiger partial charge in [-0.1, -0.05) is 30.3 Å². The van der Waals surface area contributed by atoms with E-state index in [1.807, 2.05) is 63.2 Å². The van der Waals surface area contributed by atoms with Gasteiger partial charge >= 0.3 is 5.97 Å². The number of nitrogens with one attached hydrogen (secondary N) is 1. The zero-order valence-electron chi connectivity index (χ0n) is 16.3. The summed E-state index contributed by atoms with van der Waals surface area (Å²) in [5, 5.41) is 3.36. The van der Waals surface area contributed by atoms with Gasteiger partial charge in [0.15, 0.2) is 0 Å². The maximum Gasteiger partial charge on any atom is 0.338 e. The summed E-state index contributed by atoms with van der Waals surface area (Å²) in [7, 11) is 1.79. The first-order valence-corrected chi connectivity index (χ1v) is 9.14. The van der Waals surface area contributed by atoms with Crippen molar-refractivity contribution in [1.29, 1.82) is 0 Å². The van der Waals surface area contributed by atoms with Crippen LogP contribution in [-0.4, -0.2) is 35.5 Å². The minimum Gasteiger partial charge on any atom is -0.456 e. The van der Waals surface area contributed by atoms with Crippen LogP contribution >= 0.6 is 0 Å². The molecule has 0 saturated carbocycles. The van der Waals surface area contributed by atoms with Crippen LogP contribution in [0.25, 0.3) is 0 Å². The van der Waals surface area contributed by atoms with Gasteiger partial charge in [-0.25, -0.2) is 4.79 Å². The topological polar surface area (TPSA) is 58.6 Å². The third-order valence-corrected chi connectivity index (χ3v) is 4.43. The predicted molar refractivity (Wildman–Crippen MR) is 106 cm³/mol. The van der Waals surface area contributed by atoms with Gasteiger partial charge in [0.05, 0.1) is 5.56 Å². The first-order valence-electron chi connectivity index (χ1n) is 9.14. The van der Waals surface area contributed by atoms with Crippen molar-refractivity contribution in [3.8, 4) is 0 Å². The number of esters is 1. The number of hydrogen-bond acceptors (Lipinski definition) is 4. The van der Waals surface area contributed by atoms with E-state index in [0.717, 1.165) is 16.8 Å². The Morgan fingerprint density at radius 1 is 1.19 bits per heavy atom. The molecule has 1 heterocycles. The van der Waals surface area contributed by atoms with Gasteiger partial charge in [-0.3, -0.25) is 4.79 Å². The van der Waals surface area contributed by atoms with Crippen LogP contribution in [0.3, 0.4) is 0 Å². The Morgan fingerprint density at radius 2 is 1.89 bits per heavy atom. The van der Waals surface area contributed by atoms with E-state index in [0.29, 0.717) is 18.5 Å². The van der Waals surface area contributed by atoms with Crippen LogP contribution in [0.15, 0.2) is 48.5 Å². The highest BCUT2D eigenvalue weighted by atomic mass is 16.6. The number of hydrogen-bond donors (Lipinski definition) is 1. The standard InChI is InChI=1S/C22H26N2O3/c1-22(2,3)27-21(26)16-10-11-18-17(13-16)14-24(4)20(25)19(23-18)12-15-8-6-5-7-9-15/h5-11,13,19,23H,12,14H2,1-4H3/t19-/m1/s1. The number of ether oxygens (including phenoxy) is 1. The highest BCUT2D eigenvalue weighted by Gasteiger charge is 2.28. The van der Waals surface area contributed by atoms with E-state index in [1.165, 1.54) is 0 Å². The van der Waals surface area contributed by atoms with Gasteiger partial charge in [0, 0.05) is 25.7 Å². The smallest absolute Gasteiger partial charge is 0.338 e. The van der Waals surface area contributed by atoms with Gasteiger partial charge in [-0.2, -0.15) is 0 Å². The molecule has 0 spiro atoms. The van der Waals surface area contributed by atoms with Crippen LogP contribution in [0.5, 0.6) is 0 Å². The van der Waals surface area contributed by atoms with Crippen molar-refractivity contribution < 1.29 is 14.3 Å². The van der Waals surface area contributed by atoms with Crippen LogP contribution in [0.2, 0.25) is 0 Å². The molecule has 0 aliphatic carbocycles. The second-order valence-corrected chi connectivity index (χ2v) is 7.95. The number of likely N-dealkylation sites (N-methyl/N-ethyl adjacent to an activating group) is 1. The maximum atomic E-state index is 12.8. The average Bonchev–Trinajstić information content (AvgIpc) is 2.71. The molecule has 0 radical (unpaired) electrons. The molecule has 0 fully saturated rings. The summed E-state index contributed by atoms with van der Waals surface area (Å²) in [4.78, 5) is 26.9. The van der Waals surface area contributed by atoms with Crippen LogP contribution in [0.4, 0.5) is 5.69 Å². The molecule has 1 atom stereocenters. The SMILES string of the molecule is CN1Cc2cc(C(=O)OC(C)(C)C)ccc2N[C@H](Cc2ccccc2)C1=O. The van der Waals surface area contributed by atoms with Crippen LogP contribution in [0.1, 0.15) is 42.3 Å². The molecule has 0 bridgehead atoms. The second kappa shape index (κ2) is 7.43. The van der Waals surface area contributed by atoms with E-state index in [1.54, 1.807) is 18.0 Å². The van der Waals surface area contributed by atoms with Gasteiger partial charge in [0.25, 0.3) is 0 Å². The molecule has 2 aromatic rings. The predicted octanol–water partition coefficient (Wildman–Crippen LogP) is 3.64. The summed E-state index contributed by atoms with van der Waals surface area (Å²) >= 11 is 0. The lowest BCUT2D eigenvalue weighted by molar-refractivity contribution is -0.131. The van der Waals surface area contributed by atoms with Crippen molar-refractivity contribution in [3.05, 3.63) is 65.2 Å². The normalized spacial score (nSPS) is 17.0. The quantitative estimate of drug-likeness (QED) is 0.843. The molecule has 0 unspecified atom stereocenters. The summed E-state index contributed by atoms with van der Waals surface area (Å²) < 4.78 is 5.45. The number of anilines is 1. The van der Waals surface area contributed by atoms with E-state index in [4.69, 9.17) is 4.74 Å². The number of rotatable bonds is 3. The summed E-state index contributed by atoms with van der Waals surface area (Å²) in [6.07, 6.45) is 0.608. The molecule has 1 aliphatic heterocycles. The maximum absolute atomic E-state index is 12.8. The summed E-state index contributed by atoms with van der Waals surface area (Å²) in [6, 6.07) is 15.0. The van der Waals surface area contributed by atoms with Gasteiger partial charge in [0.2, 0.25) is 5.91 Å². The summed E-state index contributed by atoms with van der Waals surface area (Å²) in [5.74, 6) is -0.321. The largest absolute Gasteiger partial charge is 0.456 e. The number of fused-ring (bicyclic) bond motifs is 1. The molecule has 0 aromatic heterocycles. The Labute approximate surface area is 160 Å². The fraction of sp³-hybridized carbons (Fsp3) is 0.364. The molecule has 2 aromatic carbocycles. The van der Waals surface area contributed by atoms with Crippen LogP contribution < -0.4 is 5.32 Å². The Balaban J connectivity index is 1.85. The fourth-order valence-electron chi connectivity index (χ4n) is 3.17. The molecule has 1 N–H and O–H groups in total. The van der Waals surface area contributed by atoms with E-state index >= 15 is 0 Å². The number of nitrogens with zero attached hydrogens (tertiary/aromatic N) is 1. The molecule has 1 amide bonds. The zero-order valence-corrected chi connectivity index (χ0v) is 16.3. The number of benzene rings is 2.